The largest absolute Gasteiger partial charge is 0.284 e. The molecule has 4 aromatic rings. The van der Waals surface area contributed by atoms with Crippen molar-refractivity contribution in [1.82, 2.24) is 9.97 Å². The molecule has 0 aliphatic rings. The van der Waals surface area contributed by atoms with E-state index >= 15 is 0 Å². The lowest BCUT2D eigenvalue weighted by Crippen LogP contribution is -2.30. The molecule has 0 bridgehead atoms. The predicted octanol–water partition coefficient (Wildman–Crippen LogP) is 5.10. The van der Waals surface area contributed by atoms with Gasteiger partial charge in [-0.2, -0.15) is 0 Å². The van der Waals surface area contributed by atoms with Crippen LogP contribution in [0.3, 0.4) is 0 Å². The number of sulfone groups is 1. The van der Waals surface area contributed by atoms with E-state index in [1.54, 1.807) is 41.6 Å². The highest BCUT2D eigenvalue weighted by Gasteiger charge is 2.22. The van der Waals surface area contributed by atoms with Gasteiger partial charge in [-0.05, 0) is 61.7 Å². The Hall–Kier alpha value is -3.10. The summed E-state index contributed by atoms with van der Waals surface area (Å²) in [4.78, 5) is 24.0. The molecule has 0 saturated heterocycles. The number of hydrogen-bond donors (Lipinski definition) is 0. The van der Waals surface area contributed by atoms with Crippen LogP contribution in [0, 0.1) is 13.8 Å². The minimum absolute atomic E-state index is 0.0818. The second-order valence-electron chi connectivity index (χ2n) is 8.04. The smallest absolute Gasteiger partial charge is 0.229 e. The molecule has 0 aliphatic carbocycles. The van der Waals surface area contributed by atoms with Crippen LogP contribution in [0.2, 0.25) is 0 Å². The van der Waals surface area contributed by atoms with Crippen molar-refractivity contribution in [3.8, 4) is 0 Å². The first-order valence-corrected chi connectivity index (χ1v) is 13.1. The Morgan fingerprint density at radius 1 is 1.03 bits per heavy atom. The van der Waals surface area contributed by atoms with Crippen molar-refractivity contribution in [3.63, 3.8) is 0 Å². The third kappa shape index (κ3) is 5.64. The number of pyridine rings is 1. The highest BCUT2D eigenvalue weighted by molar-refractivity contribution is 7.91. The fraction of sp³-hybridized carbons (Fsp3) is 0.240. The molecule has 4 rings (SSSR count). The summed E-state index contributed by atoms with van der Waals surface area (Å²) >= 11 is 1.46. The fourth-order valence-electron chi connectivity index (χ4n) is 3.48. The third-order valence-electron chi connectivity index (χ3n) is 5.31. The van der Waals surface area contributed by atoms with Gasteiger partial charge in [0, 0.05) is 18.8 Å². The van der Waals surface area contributed by atoms with E-state index in [-0.39, 0.29) is 29.4 Å². The van der Waals surface area contributed by atoms with Crippen molar-refractivity contribution in [3.05, 3.63) is 83.7 Å². The zero-order valence-corrected chi connectivity index (χ0v) is 20.2. The number of amides is 1. The average molecular weight is 480 g/mol. The van der Waals surface area contributed by atoms with Crippen LogP contribution in [-0.4, -0.2) is 30.0 Å². The van der Waals surface area contributed by atoms with Gasteiger partial charge < -0.3 is 0 Å². The van der Waals surface area contributed by atoms with Crippen LogP contribution in [0.5, 0.6) is 0 Å². The number of hydrogen-bond acceptors (Lipinski definition) is 6. The summed E-state index contributed by atoms with van der Waals surface area (Å²) in [6.07, 6.45) is 3.76. The van der Waals surface area contributed by atoms with Gasteiger partial charge in [0.2, 0.25) is 5.91 Å². The van der Waals surface area contributed by atoms with Crippen molar-refractivity contribution >= 4 is 42.4 Å². The standard InChI is InChI=1S/C25H25N3O3S2/c1-18-7-10-21(11-8-18)33(30,31)14-4-6-24(29)28(17-20-5-3-13-26-16-20)25-27-22-12-9-19(2)15-23(22)32-25/h3,5,7-13,15-16H,4,6,14,17H2,1-2H3. The molecule has 0 radical (unpaired) electrons. The van der Waals surface area contributed by atoms with Gasteiger partial charge in [-0.1, -0.05) is 41.2 Å². The number of nitrogens with zero attached hydrogens (tertiary/aromatic N) is 3. The molecule has 2 aromatic heterocycles. The molecule has 0 N–H and O–H groups in total. The number of aromatic nitrogens is 2. The van der Waals surface area contributed by atoms with Gasteiger partial charge in [0.15, 0.2) is 15.0 Å². The third-order valence-corrected chi connectivity index (χ3v) is 8.17. The Morgan fingerprint density at radius 3 is 2.52 bits per heavy atom. The lowest BCUT2D eigenvalue weighted by atomic mass is 10.2. The first kappa shape index (κ1) is 23.1. The van der Waals surface area contributed by atoms with Crippen LogP contribution in [0.4, 0.5) is 5.13 Å². The van der Waals surface area contributed by atoms with Crippen LogP contribution < -0.4 is 4.90 Å². The van der Waals surface area contributed by atoms with Crippen LogP contribution in [0.1, 0.15) is 29.5 Å². The van der Waals surface area contributed by atoms with E-state index < -0.39 is 9.84 Å². The molecule has 33 heavy (non-hydrogen) atoms. The van der Waals surface area contributed by atoms with Gasteiger partial charge in [0.25, 0.3) is 0 Å². The van der Waals surface area contributed by atoms with Crippen LogP contribution in [0.15, 0.2) is 71.9 Å². The number of aryl methyl sites for hydroxylation is 2. The zero-order chi connectivity index (χ0) is 23.4. The molecule has 0 spiro atoms. The molecule has 0 unspecified atom stereocenters. The Kier molecular flexibility index (Phi) is 6.85. The summed E-state index contributed by atoms with van der Waals surface area (Å²) in [5.74, 6) is -0.240. The number of fused-ring (bicyclic) bond motifs is 1. The summed E-state index contributed by atoms with van der Waals surface area (Å²) < 4.78 is 26.3. The summed E-state index contributed by atoms with van der Waals surface area (Å²) in [7, 11) is -3.44. The second kappa shape index (κ2) is 9.80. The number of thiazole rings is 1. The Bertz CT molecular complexity index is 1370. The molecular formula is C25H25N3O3S2. The van der Waals surface area contributed by atoms with Crippen molar-refractivity contribution in [2.75, 3.05) is 10.7 Å². The quantitative estimate of drug-likeness (QED) is 0.351. The van der Waals surface area contributed by atoms with E-state index in [0.717, 1.165) is 26.9 Å². The maximum atomic E-state index is 13.2. The van der Waals surface area contributed by atoms with E-state index in [0.29, 0.717) is 11.7 Å². The highest BCUT2D eigenvalue weighted by atomic mass is 32.2. The summed E-state index contributed by atoms with van der Waals surface area (Å²) in [5, 5.41) is 0.603. The van der Waals surface area contributed by atoms with Gasteiger partial charge in [0.05, 0.1) is 27.4 Å². The van der Waals surface area contributed by atoms with Gasteiger partial charge in [-0.15, -0.1) is 0 Å². The van der Waals surface area contributed by atoms with Crippen molar-refractivity contribution in [1.29, 1.82) is 0 Å². The normalized spacial score (nSPS) is 11.6. The molecule has 8 heteroatoms. The van der Waals surface area contributed by atoms with E-state index in [1.165, 1.54) is 11.3 Å². The fourth-order valence-corrected chi connectivity index (χ4v) is 5.87. The molecule has 0 saturated carbocycles. The van der Waals surface area contributed by atoms with Crippen molar-refractivity contribution in [2.45, 2.75) is 38.1 Å². The second-order valence-corrected chi connectivity index (χ2v) is 11.2. The number of rotatable bonds is 8. The number of anilines is 1. The maximum Gasteiger partial charge on any atom is 0.229 e. The average Bonchev–Trinajstić information content (AvgIpc) is 3.21. The van der Waals surface area contributed by atoms with Crippen LogP contribution >= 0.6 is 11.3 Å². The summed E-state index contributed by atoms with van der Waals surface area (Å²) in [6, 6.07) is 16.5. The van der Waals surface area contributed by atoms with E-state index in [9.17, 15) is 13.2 Å². The topological polar surface area (TPSA) is 80.2 Å². The Balaban J connectivity index is 1.52. The van der Waals surface area contributed by atoms with Crippen LogP contribution in [-0.2, 0) is 21.2 Å². The molecule has 0 atom stereocenters. The number of carbonyl (C=O) groups excluding carboxylic acids is 1. The maximum absolute atomic E-state index is 13.2. The van der Waals surface area contributed by atoms with E-state index in [4.69, 9.17) is 0 Å². The van der Waals surface area contributed by atoms with Gasteiger partial charge >= 0.3 is 0 Å². The lowest BCUT2D eigenvalue weighted by Gasteiger charge is -2.20. The molecule has 2 aromatic carbocycles. The summed E-state index contributed by atoms with van der Waals surface area (Å²) in [6.45, 7) is 4.26. The minimum Gasteiger partial charge on any atom is -0.284 e. The van der Waals surface area contributed by atoms with Gasteiger partial charge in [0.1, 0.15) is 0 Å². The van der Waals surface area contributed by atoms with Crippen LogP contribution in [0.25, 0.3) is 10.2 Å². The van der Waals surface area contributed by atoms with Gasteiger partial charge in [-0.3, -0.25) is 14.7 Å². The molecule has 6 nitrogen and oxygen atoms in total. The molecule has 1 amide bonds. The zero-order valence-electron chi connectivity index (χ0n) is 18.6. The highest BCUT2D eigenvalue weighted by Crippen LogP contribution is 2.31. The predicted molar refractivity (Wildman–Crippen MR) is 132 cm³/mol. The Morgan fingerprint density at radius 2 is 1.79 bits per heavy atom. The molecular weight excluding hydrogens is 454 g/mol. The SMILES string of the molecule is Cc1ccc(S(=O)(=O)CCCC(=O)N(Cc2cccnc2)c2nc3ccc(C)cc3s2)cc1. The van der Waals surface area contributed by atoms with E-state index in [1.807, 2.05) is 38.1 Å². The van der Waals surface area contributed by atoms with Crippen molar-refractivity contribution < 1.29 is 13.2 Å². The molecule has 0 aliphatic heterocycles. The monoisotopic (exact) mass is 479 g/mol. The number of carbonyl (C=O) groups is 1. The van der Waals surface area contributed by atoms with Gasteiger partial charge in [-0.25, -0.2) is 13.4 Å². The lowest BCUT2D eigenvalue weighted by molar-refractivity contribution is -0.118. The van der Waals surface area contributed by atoms with E-state index in [2.05, 4.69) is 16.0 Å². The Labute approximate surface area is 197 Å². The summed E-state index contributed by atoms with van der Waals surface area (Å²) in [5.41, 5.74) is 3.85. The molecule has 0 fully saturated rings. The minimum atomic E-state index is -3.44. The van der Waals surface area contributed by atoms with Crippen molar-refractivity contribution in [2.24, 2.45) is 0 Å². The number of benzene rings is 2. The first-order valence-electron chi connectivity index (χ1n) is 10.7. The molecule has 170 valence electrons. The first-order chi connectivity index (χ1) is 15.8. The molecule has 2 heterocycles.